The molecule has 0 saturated heterocycles. The Morgan fingerprint density at radius 2 is 1.36 bits per heavy atom. The van der Waals surface area contributed by atoms with Gasteiger partial charge in [0.2, 0.25) is 0 Å². The number of hydrogen-bond donors (Lipinski definition) is 4. The Bertz CT molecular complexity index is 1480. The quantitative estimate of drug-likeness (QED) is 0.138. The lowest BCUT2D eigenvalue weighted by atomic mass is 10.1. The van der Waals surface area contributed by atoms with Crippen molar-refractivity contribution in [2.45, 2.75) is 6.42 Å². The van der Waals surface area contributed by atoms with Crippen LogP contribution in [0.5, 0.6) is 0 Å². The van der Waals surface area contributed by atoms with Gasteiger partial charge in [0, 0.05) is 50.9 Å². The molecular formula is C28H26Br3N9S2. The van der Waals surface area contributed by atoms with E-state index in [9.17, 15) is 0 Å². The summed E-state index contributed by atoms with van der Waals surface area (Å²) in [5.74, 6) is 1.99. The minimum atomic E-state index is 0.544. The molecule has 216 valence electrons. The number of benzene rings is 1. The molecule has 0 atom stereocenters. The van der Waals surface area contributed by atoms with Gasteiger partial charge in [-0.3, -0.25) is 4.57 Å². The molecule has 0 radical (unpaired) electrons. The molecule has 5 aromatic rings. The predicted octanol–water partition coefficient (Wildman–Crippen LogP) is 7.09. The molecule has 5 N–H and O–H groups in total. The van der Waals surface area contributed by atoms with Crippen molar-refractivity contribution in [1.29, 1.82) is 0 Å². The summed E-state index contributed by atoms with van der Waals surface area (Å²) in [6.45, 7) is 0.798. The molecule has 0 bridgehead atoms. The monoisotopic (exact) mass is 789 g/mol. The molecule has 9 nitrogen and oxygen atoms in total. The number of nitrogen functional groups attached to an aromatic ring is 1. The Hall–Kier alpha value is -3.30. The molecule has 0 aliphatic rings. The largest absolute Gasteiger partial charge is 0.384 e. The molecule has 42 heavy (non-hydrogen) atoms. The topological polar surface area (TPSA) is 119 Å². The van der Waals surface area contributed by atoms with Crippen molar-refractivity contribution in [3.63, 3.8) is 0 Å². The molecule has 0 spiro atoms. The van der Waals surface area contributed by atoms with E-state index in [0.29, 0.717) is 21.9 Å². The smallest absolute Gasteiger partial charge is 0.184 e. The predicted molar refractivity (Wildman–Crippen MR) is 188 cm³/mol. The fourth-order valence-corrected chi connectivity index (χ4v) is 4.09. The van der Waals surface area contributed by atoms with E-state index in [1.54, 1.807) is 47.9 Å². The lowest BCUT2D eigenvalue weighted by molar-refractivity contribution is 0.873. The zero-order valence-electron chi connectivity index (χ0n) is 22.0. The fourth-order valence-electron chi connectivity index (χ4n) is 2.97. The van der Waals surface area contributed by atoms with Crippen molar-refractivity contribution in [3.8, 4) is 0 Å². The SMILES string of the molecule is Nc1ccc(Br)cn1.S=C(NCCc1ccccc1)Nc1ccc(Br)cn1.S=C(Nc1ccc(Br)cn1)n1ccnc1. The second-order valence-electron chi connectivity index (χ2n) is 8.14. The average molecular weight is 792 g/mol. The van der Waals surface area contributed by atoms with Gasteiger partial charge in [-0.05, 0) is 121 Å². The molecule has 5 rings (SSSR count). The van der Waals surface area contributed by atoms with Crippen LogP contribution in [0.1, 0.15) is 5.56 Å². The van der Waals surface area contributed by atoms with Crippen LogP contribution in [0.25, 0.3) is 0 Å². The first kappa shape index (κ1) is 33.2. The molecule has 0 aliphatic heterocycles. The van der Waals surface area contributed by atoms with Gasteiger partial charge in [-0.2, -0.15) is 0 Å². The number of halogens is 3. The maximum absolute atomic E-state index is 5.29. The third-order valence-electron chi connectivity index (χ3n) is 4.96. The molecule has 14 heteroatoms. The number of aromatic nitrogens is 5. The first-order valence-corrected chi connectivity index (χ1v) is 15.5. The lowest BCUT2D eigenvalue weighted by Gasteiger charge is -2.09. The van der Waals surface area contributed by atoms with Gasteiger partial charge < -0.3 is 21.7 Å². The number of anilines is 3. The van der Waals surface area contributed by atoms with Crippen LogP contribution < -0.4 is 21.7 Å². The van der Waals surface area contributed by atoms with Gasteiger partial charge in [-0.15, -0.1) is 0 Å². The molecule has 4 aromatic heterocycles. The summed E-state index contributed by atoms with van der Waals surface area (Å²) >= 11 is 20.2. The van der Waals surface area contributed by atoms with Gasteiger partial charge in [0.1, 0.15) is 23.8 Å². The maximum Gasteiger partial charge on any atom is 0.184 e. The van der Waals surface area contributed by atoms with Crippen LogP contribution in [-0.2, 0) is 6.42 Å². The van der Waals surface area contributed by atoms with Crippen LogP contribution in [0, 0.1) is 0 Å². The number of nitrogens with two attached hydrogens (primary N) is 1. The normalized spacial score (nSPS) is 9.79. The van der Waals surface area contributed by atoms with Crippen LogP contribution in [-0.4, -0.2) is 41.3 Å². The van der Waals surface area contributed by atoms with Gasteiger partial charge in [0.15, 0.2) is 10.2 Å². The van der Waals surface area contributed by atoms with Crippen molar-refractivity contribution in [3.05, 3.63) is 123 Å². The molecule has 0 amide bonds. The second-order valence-corrected chi connectivity index (χ2v) is 11.7. The van der Waals surface area contributed by atoms with E-state index in [1.165, 1.54) is 5.56 Å². The molecule has 0 aliphatic carbocycles. The summed E-state index contributed by atoms with van der Waals surface area (Å²) in [7, 11) is 0. The van der Waals surface area contributed by atoms with E-state index < -0.39 is 0 Å². The summed E-state index contributed by atoms with van der Waals surface area (Å²) in [6, 6.07) is 21.4. The zero-order valence-corrected chi connectivity index (χ0v) is 28.4. The number of imidazole rings is 1. The van der Waals surface area contributed by atoms with Crippen LogP contribution in [0.2, 0.25) is 0 Å². The van der Waals surface area contributed by atoms with E-state index in [1.807, 2.05) is 48.5 Å². The van der Waals surface area contributed by atoms with Gasteiger partial charge in [-0.1, -0.05) is 30.3 Å². The minimum Gasteiger partial charge on any atom is -0.384 e. The van der Waals surface area contributed by atoms with Crippen molar-refractivity contribution in [2.75, 3.05) is 22.9 Å². The van der Waals surface area contributed by atoms with Crippen LogP contribution >= 0.6 is 72.2 Å². The highest BCUT2D eigenvalue weighted by Crippen LogP contribution is 2.11. The van der Waals surface area contributed by atoms with E-state index in [4.69, 9.17) is 30.2 Å². The number of rotatable bonds is 5. The van der Waals surface area contributed by atoms with Crippen molar-refractivity contribution < 1.29 is 0 Å². The van der Waals surface area contributed by atoms with E-state index in [2.05, 4.69) is 95.8 Å². The van der Waals surface area contributed by atoms with Gasteiger partial charge in [0.25, 0.3) is 0 Å². The minimum absolute atomic E-state index is 0.544. The first-order valence-electron chi connectivity index (χ1n) is 12.3. The first-order chi connectivity index (χ1) is 20.3. The Balaban J connectivity index is 0.000000187. The van der Waals surface area contributed by atoms with E-state index in [0.717, 1.165) is 32.2 Å². The molecule has 0 saturated carbocycles. The zero-order chi connectivity index (χ0) is 30.2. The second kappa shape index (κ2) is 18.3. The third kappa shape index (κ3) is 13.1. The highest BCUT2D eigenvalue weighted by Gasteiger charge is 2.01. The molecule has 1 aromatic carbocycles. The number of hydrogen-bond acceptors (Lipinski definition) is 7. The highest BCUT2D eigenvalue weighted by atomic mass is 79.9. The van der Waals surface area contributed by atoms with E-state index >= 15 is 0 Å². The van der Waals surface area contributed by atoms with Crippen LogP contribution in [0.15, 0.2) is 117 Å². The molecule has 0 fully saturated rings. The third-order valence-corrected chi connectivity index (χ3v) is 6.93. The van der Waals surface area contributed by atoms with Gasteiger partial charge >= 0.3 is 0 Å². The summed E-state index contributed by atoms with van der Waals surface area (Å²) in [5, 5.41) is 10.3. The maximum atomic E-state index is 5.29. The lowest BCUT2D eigenvalue weighted by Crippen LogP contribution is -2.30. The molecular weight excluding hydrogens is 766 g/mol. The van der Waals surface area contributed by atoms with Crippen LogP contribution in [0.3, 0.4) is 0 Å². The Labute approximate surface area is 280 Å². The number of nitrogens with zero attached hydrogens (tertiary/aromatic N) is 5. The van der Waals surface area contributed by atoms with E-state index in [-0.39, 0.29) is 0 Å². The summed E-state index contributed by atoms with van der Waals surface area (Å²) in [4.78, 5) is 16.1. The molecule has 4 heterocycles. The van der Waals surface area contributed by atoms with Crippen molar-refractivity contribution in [1.82, 2.24) is 29.8 Å². The summed E-state index contributed by atoms with van der Waals surface area (Å²) in [5.41, 5.74) is 6.59. The molecule has 0 unspecified atom stereocenters. The van der Waals surface area contributed by atoms with Gasteiger partial charge in [-0.25, -0.2) is 19.9 Å². The number of thiocarbonyl (C=S) groups is 2. The fraction of sp³-hybridized carbons (Fsp3) is 0.0714. The average Bonchev–Trinajstić information content (AvgIpc) is 3.54. The van der Waals surface area contributed by atoms with Gasteiger partial charge in [0.05, 0.1) is 0 Å². The van der Waals surface area contributed by atoms with Crippen LogP contribution in [0.4, 0.5) is 17.5 Å². The van der Waals surface area contributed by atoms with Crippen molar-refractivity contribution >= 4 is 99.9 Å². The Morgan fingerprint density at radius 1 is 0.762 bits per heavy atom. The standard InChI is InChI=1S/C14H14BrN3S.C9H7BrN4S.C5H5BrN2/c15-12-6-7-13(17-10-12)18-14(19)16-9-8-11-4-2-1-3-5-11;10-7-1-2-8(12-5-7)13-9(15)14-4-3-11-6-14;6-4-1-2-5(7)8-3-4/h1-7,10H,8-9H2,(H2,16,17,18,19);1-6H,(H,12,13,15);1-3H,(H2,7,8). The number of nitrogens with one attached hydrogen (secondary N) is 3. The number of pyridine rings is 3. The Kier molecular flexibility index (Phi) is 14.5. The summed E-state index contributed by atoms with van der Waals surface area (Å²) < 4.78 is 4.54. The summed E-state index contributed by atoms with van der Waals surface area (Å²) in [6.07, 6.45) is 11.1. The highest BCUT2D eigenvalue weighted by molar-refractivity contribution is 9.11. The van der Waals surface area contributed by atoms with Crippen molar-refractivity contribution in [2.24, 2.45) is 0 Å². The Morgan fingerprint density at radius 3 is 1.86 bits per heavy atom.